The standard InChI is InChI=1S/C22H21FN2O4/c1-12-5-4-6-13(11-12)18-16-17(22(2,24-18)21(28)29-3)20(27)25(19(16)26)15-9-7-14(23)8-10-15/h4-11,16-18,24H,1-3H3/t16-,17-,18-,22-/m0/s1. The molecule has 0 radical (unpaired) electrons. The topological polar surface area (TPSA) is 75.7 Å². The lowest BCUT2D eigenvalue weighted by atomic mass is 9.80. The molecule has 2 heterocycles. The number of carbonyl (C=O) groups excluding carboxylic acids is 3. The number of benzene rings is 2. The minimum atomic E-state index is -1.37. The molecule has 0 aromatic heterocycles. The monoisotopic (exact) mass is 396 g/mol. The van der Waals surface area contributed by atoms with Crippen LogP contribution in [0.5, 0.6) is 0 Å². The van der Waals surface area contributed by atoms with E-state index in [9.17, 15) is 18.8 Å². The van der Waals surface area contributed by atoms with Crippen molar-refractivity contribution in [1.29, 1.82) is 0 Å². The summed E-state index contributed by atoms with van der Waals surface area (Å²) in [5, 5.41) is 3.20. The van der Waals surface area contributed by atoms with E-state index in [2.05, 4.69) is 5.32 Å². The predicted octanol–water partition coefficient (Wildman–Crippen LogP) is 2.52. The van der Waals surface area contributed by atoms with Gasteiger partial charge in [0.2, 0.25) is 11.8 Å². The molecule has 2 aliphatic rings. The number of ether oxygens (including phenoxy) is 1. The summed E-state index contributed by atoms with van der Waals surface area (Å²) in [6.45, 7) is 3.52. The van der Waals surface area contributed by atoms with Crippen molar-refractivity contribution in [2.24, 2.45) is 11.8 Å². The molecule has 150 valence electrons. The average Bonchev–Trinajstić information content (AvgIpc) is 3.16. The first-order chi connectivity index (χ1) is 13.8. The van der Waals surface area contributed by atoms with Gasteiger partial charge in [-0.1, -0.05) is 29.8 Å². The van der Waals surface area contributed by atoms with Gasteiger partial charge in [0, 0.05) is 6.04 Å². The Morgan fingerprint density at radius 3 is 2.45 bits per heavy atom. The van der Waals surface area contributed by atoms with E-state index in [4.69, 9.17) is 4.74 Å². The highest BCUT2D eigenvalue weighted by atomic mass is 19.1. The molecular formula is C22H21FN2O4. The number of imide groups is 1. The van der Waals surface area contributed by atoms with E-state index < -0.39 is 47.0 Å². The van der Waals surface area contributed by atoms with Crippen molar-refractivity contribution in [3.63, 3.8) is 0 Å². The van der Waals surface area contributed by atoms with Crippen LogP contribution in [0.25, 0.3) is 0 Å². The third kappa shape index (κ3) is 2.84. The Balaban J connectivity index is 1.83. The molecule has 4 rings (SSSR count). The second kappa shape index (κ2) is 6.77. The van der Waals surface area contributed by atoms with Crippen LogP contribution in [-0.4, -0.2) is 30.4 Å². The highest BCUT2D eigenvalue weighted by molar-refractivity contribution is 6.24. The van der Waals surface area contributed by atoms with Crippen molar-refractivity contribution in [3.05, 3.63) is 65.5 Å². The largest absolute Gasteiger partial charge is 0.468 e. The smallest absolute Gasteiger partial charge is 0.326 e. The molecule has 6 nitrogen and oxygen atoms in total. The quantitative estimate of drug-likeness (QED) is 0.637. The molecule has 2 fully saturated rings. The van der Waals surface area contributed by atoms with E-state index in [1.165, 1.54) is 31.4 Å². The summed E-state index contributed by atoms with van der Waals surface area (Å²) < 4.78 is 18.3. The zero-order valence-corrected chi connectivity index (χ0v) is 16.3. The zero-order chi connectivity index (χ0) is 20.9. The van der Waals surface area contributed by atoms with Crippen LogP contribution in [0, 0.1) is 24.6 Å². The average molecular weight is 396 g/mol. The number of carbonyl (C=O) groups is 3. The highest BCUT2D eigenvalue weighted by Crippen LogP contribution is 2.50. The van der Waals surface area contributed by atoms with Gasteiger partial charge >= 0.3 is 5.97 Å². The van der Waals surface area contributed by atoms with Crippen LogP contribution >= 0.6 is 0 Å². The minimum absolute atomic E-state index is 0.283. The molecule has 29 heavy (non-hydrogen) atoms. The third-order valence-corrected chi connectivity index (χ3v) is 5.88. The lowest BCUT2D eigenvalue weighted by Gasteiger charge is -2.28. The first-order valence-corrected chi connectivity index (χ1v) is 9.34. The molecule has 2 amide bonds. The minimum Gasteiger partial charge on any atom is -0.468 e. The van der Waals surface area contributed by atoms with Gasteiger partial charge in [-0.2, -0.15) is 0 Å². The van der Waals surface area contributed by atoms with Gasteiger partial charge in [0.1, 0.15) is 11.4 Å². The van der Waals surface area contributed by atoms with E-state index >= 15 is 0 Å². The summed E-state index contributed by atoms with van der Waals surface area (Å²) in [4.78, 5) is 40.4. The van der Waals surface area contributed by atoms with E-state index in [-0.39, 0.29) is 5.69 Å². The lowest BCUT2D eigenvalue weighted by molar-refractivity contribution is -0.151. The summed E-state index contributed by atoms with van der Waals surface area (Å²) in [7, 11) is 1.25. The van der Waals surface area contributed by atoms with Gasteiger partial charge < -0.3 is 4.74 Å². The molecule has 2 aromatic rings. The molecule has 2 saturated heterocycles. The van der Waals surface area contributed by atoms with Gasteiger partial charge in [-0.15, -0.1) is 0 Å². The third-order valence-electron chi connectivity index (χ3n) is 5.88. The summed E-state index contributed by atoms with van der Waals surface area (Å²) in [6, 6.07) is 12.2. The molecule has 1 N–H and O–H groups in total. The van der Waals surface area contributed by atoms with Gasteiger partial charge in [-0.05, 0) is 43.7 Å². The van der Waals surface area contributed by atoms with Gasteiger partial charge in [-0.3, -0.25) is 19.7 Å². The van der Waals surface area contributed by atoms with E-state index in [0.717, 1.165) is 16.0 Å². The first kappa shape index (κ1) is 19.3. The number of methoxy groups -OCH3 is 1. The molecule has 0 spiro atoms. The fourth-order valence-corrected chi connectivity index (χ4v) is 4.53. The number of esters is 1. The molecule has 2 aromatic carbocycles. The van der Waals surface area contributed by atoms with Crippen molar-refractivity contribution in [1.82, 2.24) is 5.32 Å². The Kier molecular flexibility index (Phi) is 4.50. The maximum Gasteiger partial charge on any atom is 0.326 e. The maximum absolute atomic E-state index is 13.4. The number of anilines is 1. The summed E-state index contributed by atoms with van der Waals surface area (Å²) in [6.07, 6.45) is 0. The van der Waals surface area contributed by atoms with Crippen LogP contribution in [-0.2, 0) is 19.1 Å². The summed E-state index contributed by atoms with van der Waals surface area (Å²) >= 11 is 0. The number of nitrogens with zero attached hydrogens (tertiary/aromatic N) is 1. The Bertz CT molecular complexity index is 1010. The number of hydrogen-bond acceptors (Lipinski definition) is 5. The molecule has 0 bridgehead atoms. The number of fused-ring (bicyclic) bond motifs is 1. The van der Waals surface area contributed by atoms with Crippen molar-refractivity contribution in [2.75, 3.05) is 12.0 Å². The number of aryl methyl sites for hydroxylation is 1. The van der Waals surface area contributed by atoms with Crippen molar-refractivity contribution in [2.45, 2.75) is 25.4 Å². The number of halogens is 1. The first-order valence-electron chi connectivity index (χ1n) is 9.34. The number of amides is 2. The SMILES string of the molecule is COC(=O)[C@@]1(C)N[C@@H](c2cccc(C)c2)[C@H]2C(=O)N(c3ccc(F)cc3)C(=O)[C@H]21. The van der Waals surface area contributed by atoms with Gasteiger partial charge in [0.15, 0.2) is 0 Å². The summed E-state index contributed by atoms with van der Waals surface area (Å²) in [5.74, 6) is -3.70. The number of hydrogen-bond donors (Lipinski definition) is 1. The van der Waals surface area contributed by atoms with Gasteiger partial charge in [-0.25, -0.2) is 9.29 Å². The molecule has 2 aliphatic heterocycles. The molecule has 0 saturated carbocycles. The Hall–Kier alpha value is -3.06. The molecular weight excluding hydrogens is 375 g/mol. The normalized spacial score (nSPS) is 28.6. The molecule has 4 atom stereocenters. The summed E-state index contributed by atoms with van der Waals surface area (Å²) in [5.41, 5.74) is 0.732. The second-order valence-corrected chi connectivity index (χ2v) is 7.72. The van der Waals surface area contributed by atoms with E-state index in [1.807, 2.05) is 31.2 Å². The zero-order valence-electron chi connectivity index (χ0n) is 16.3. The van der Waals surface area contributed by atoms with Gasteiger partial charge in [0.05, 0.1) is 24.6 Å². The van der Waals surface area contributed by atoms with Gasteiger partial charge in [0.25, 0.3) is 0 Å². The van der Waals surface area contributed by atoms with E-state index in [0.29, 0.717) is 0 Å². The number of rotatable bonds is 3. The Labute approximate surface area is 167 Å². The lowest BCUT2D eigenvalue weighted by Crippen LogP contribution is -2.54. The predicted molar refractivity (Wildman–Crippen MR) is 103 cm³/mol. The Morgan fingerprint density at radius 1 is 1.14 bits per heavy atom. The van der Waals surface area contributed by atoms with Crippen LogP contribution in [0.1, 0.15) is 24.1 Å². The second-order valence-electron chi connectivity index (χ2n) is 7.72. The van der Waals surface area contributed by atoms with E-state index in [1.54, 1.807) is 6.92 Å². The van der Waals surface area contributed by atoms with Crippen LogP contribution < -0.4 is 10.2 Å². The maximum atomic E-state index is 13.4. The van der Waals surface area contributed by atoms with Crippen LogP contribution in [0.15, 0.2) is 48.5 Å². The fraction of sp³-hybridized carbons (Fsp3) is 0.318. The fourth-order valence-electron chi connectivity index (χ4n) is 4.53. The van der Waals surface area contributed by atoms with Crippen LogP contribution in [0.3, 0.4) is 0 Å². The van der Waals surface area contributed by atoms with Crippen LogP contribution in [0.2, 0.25) is 0 Å². The van der Waals surface area contributed by atoms with Crippen molar-refractivity contribution < 1.29 is 23.5 Å². The van der Waals surface area contributed by atoms with Crippen LogP contribution in [0.4, 0.5) is 10.1 Å². The molecule has 0 unspecified atom stereocenters. The molecule has 0 aliphatic carbocycles. The highest BCUT2D eigenvalue weighted by Gasteiger charge is 2.67. The molecule has 7 heteroatoms. The van der Waals surface area contributed by atoms with Crippen molar-refractivity contribution in [3.8, 4) is 0 Å². The Morgan fingerprint density at radius 2 is 1.83 bits per heavy atom. The number of nitrogens with one attached hydrogen (secondary N) is 1. The van der Waals surface area contributed by atoms with Crippen molar-refractivity contribution >= 4 is 23.5 Å².